The van der Waals surface area contributed by atoms with Crippen LogP contribution in [-0.2, 0) is 28.6 Å². The summed E-state index contributed by atoms with van der Waals surface area (Å²) in [6.07, 6.45) is 92.1. The number of allylic oxidation sites excluding steroid dienone is 20. The Balaban J connectivity index is 4.35. The predicted molar refractivity (Wildman–Crippen MR) is 343 cm³/mol. The Morgan fingerprint density at radius 2 is 0.519 bits per heavy atom. The van der Waals surface area contributed by atoms with Crippen molar-refractivity contribution in [3.8, 4) is 0 Å². The maximum atomic E-state index is 12.9. The third-order valence-corrected chi connectivity index (χ3v) is 13.9. The van der Waals surface area contributed by atoms with E-state index in [-0.39, 0.29) is 31.1 Å². The molecule has 6 nitrogen and oxygen atoms in total. The van der Waals surface area contributed by atoms with E-state index in [9.17, 15) is 14.4 Å². The molecule has 0 spiro atoms. The number of hydrogen-bond acceptors (Lipinski definition) is 6. The molecule has 0 aliphatic heterocycles. The highest BCUT2D eigenvalue weighted by molar-refractivity contribution is 5.71. The summed E-state index contributed by atoms with van der Waals surface area (Å²) in [5.41, 5.74) is 0. The number of unbranched alkanes of at least 4 members (excludes halogenated alkanes) is 28. The molecule has 0 aliphatic carbocycles. The van der Waals surface area contributed by atoms with E-state index in [2.05, 4.69) is 142 Å². The van der Waals surface area contributed by atoms with E-state index in [4.69, 9.17) is 14.2 Å². The summed E-state index contributed by atoms with van der Waals surface area (Å²) in [7, 11) is 0. The summed E-state index contributed by atoms with van der Waals surface area (Å²) in [5.74, 6) is -0.924. The van der Waals surface area contributed by atoms with E-state index in [1.54, 1.807) is 0 Å². The Kier molecular flexibility index (Phi) is 62.8. The van der Waals surface area contributed by atoms with Gasteiger partial charge in [-0.2, -0.15) is 0 Å². The van der Waals surface area contributed by atoms with Gasteiger partial charge in [-0.05, 0) is 128 Å². The van der Waals surface area contributed by atoms with Gasteiger partial charge in [-0.1, -0.05) is 277 Å². The third kappa shape index (κ3) is 64.5. The first kappa shape index (κ1) is 74.8. The Morgan fingerprint density at radius 1 is 0.266 bits per heavy atom. The van der Waals surface area contributed by atoms with Crippen molar-refractivity contribution in [2.24, 2.45) is 0 Å². The second-order valence-electron chi connectivity index (χ2n) is 21.6. The van der Waals surface area contributed by atoms with Crippen LogP contribution in [0, 0.1) is 0 Å². The topological polar surface area (TPSA) is 78.9 Å². The second-order valence-corrected chi connectivity index (χ2v) is 21.6. The number of carbonyl (C=O) groups excluding carboxylic acids is 3. The van der Waals surface area contributed by atoms with Gasteiger partial charge in [-0.3, -0.25) is 14.4 Å². The van der Waals surface area contributed by atoms with Gasteiger partial charge in [0, 0.05) is 19.3 Å². The van der Waals surface area contributed by atoms with Gasteiger partial charge in [0.25, 0.3) is 0 Å². The van der Waals surface area contributed by atoms with Crippen LogP contribution in [0.4, 0.5) is 0 Å². The average Bonchev–Trinajstić information content (AvgIpc) is 3.45. The Morgan fingerprint density at radius 3 is 0.823 bits per heavy atom. The third-order valence-electron chi connectivity index (χ3n) is 13.9. The van der Waals surface area contributed by atoms with Crippen molar-refractivity contribution in [1.29, 1.82) is 0 Å². The number of hydrogen-bond donors (Lipinski definition) is 0. The highest BCUT2D eigenvalue weighted by Crippen LogP contribution is 2.16. The number of carbonyl (C=O) groups is 3. The van der Waals surface area contributed by atoms with Crippen LogP contribution < -0.4 is 0 Å². The van der Waals surface area contributed by atoms with Crippen LogP contribution in [0.3, 0.4) is 0 Å². The fourth-order valence-corrected chi connectivity index (χ4v) is 8.99. The van der Waals surface area contributed by atoms with Gasteiger partial charge in [0.05, 0.1) is 0 Å². The molecule has 0 radical (unpaired) electrons. The zero-order valence-corrected chi connectivity index (χ0v) is 51.6. The van der Waals surface area contributed by atoms with Crippen molar-refractivity contribution in [2.75, 3.05) is 13.2 Å². The van der Waals surface area contributed by atoms with Crippen molar-refractivity contribution in [3.63, 3.8) is 0 Å². The second kappa shape index (κ2) is 66.3. The maximum Gasteiger partial charge on any atom is 0.306 e. The highest BCUT2D eigenvalue weighted by atomic mass is 16.6. The van der Waals surface area contributed by atoms with Crippen molar-refractivity contribution in [2.45, 2.75) is 309 Å². The number of esters is 3. The van der Waals surface area contributed by atoms with Crippen LogP contribution in [0.2, 0.25) is 0 Å². The summed E-state index contributed by atoms with van der Waals surface area (Å²) in [6.45, 7) is 6.44. The van der Waals surface area contributed by atoms with Crippen molar-refractivity contribution < 1.29 is 28.6 Å². The molecule has 0 aromatic rings. The van der Waals surface area contributed by atoms with Crippen LogP contribution in [0.15, 0.2) is 122 Å². The summed E-state index contributed by atoms with van der Waals surface area (Å²) in [6, 6.07) is 0. The lowest BCUT2D eigenvalue weighted by molar-refractivity contribution is -0.167. The molecule has 1 unspecified atom stereocenters. The van der Waals surface area contributed by atoms with E-state index in [1.807, 2.05) is 0 Å². The molecule has 0 heterocycles. The van der Waals surface area contributed by atoms with Gasteiger partial charge in [0.15, 0.2) is 6.10 Å². The molecule has 6 heteroatoms. The van der Waals surface area contributed by atoms with E-state index in [1.165, 1.54) is 109 Å². The zero-order valence-electron chi connectivity index (χ0n) is 51.6. The van der Waals surface area contributed by atoms with Crippen LogP contribution in [0.5, 0.6) is 0 Å². The molecule has 0 aliphatic rings. The predicted octanol–water partition coefficient (Wildman–Crippen LogP) is 22.8. The van der Waals surface area contributed by atoms with Gasteiger partial charge >= 0.3 is 17.9 Å². The molecule has 0 bridgehead atoms. The van der Waals surface area contributed by atoms with Gasteiger partial charge in [0.2, 0.25) is 0 Å². The van der Waals surface area contributed by atoms with E-state index >= 15 is 0 Å². The fraction of sp³-hybridized carbons (Fsp3) is 0.685. The van der Waals surface area contributed by atoms with Crippen molar-refractivity contribution >= 4 is 17.9 Å². The van der Waals surface area contributed by atoms with E-state index < -0.39 is 6.10 Å². The molecule has 0 aromatic carbocycles. The monoisotopic (exact) mass is 1090 g/mol. The lowest BCUT2D eigenvalue weighted by atomic mass is 10.0. The molecule has 79 heavy (non-hydrogen) atoms. The quantitative estimate of drug-likeness (QED) is 0.0261. The lowest BCUT2D eigenvalue weighted by Crippen LogP contribution is -2.30. The summed E-state index contributed by atoms with van der Waals surface area (Å²) < 4.78 is 16.9. The first-order valence-electron chi connectivity index (χ1n) is 33.0. The standard InChI is InChI=1S/C73H122O6/c1-4-7-10-13-16-19-22-25-27-29-31-33-34-35-36-37-38-40-41-43-45-48-51-54-57-60-63-66-72(75)78-69-70(68-77-71(74)65-62-59-56-53-50-47-24-21-18-15-12-9-6-3)79-73(76)67-64-61-58-55-52-49-46-44-42-39-32-30-28-26-23-20-17-14-11-8-5-2/h8,11-12,15,17,20-22,24-26,28-29,31-32,34-35,39,44,46,70H,4-7,9-10,13-14,16,18-19,23,27,30,33,36-38,40-43,45,47-69H2,1-3H3/b11-8-,15-12-,20-17-,24-21-,25-22-,28-26-,31-29-,35-34-,39-32-,46-44-. The summed E-state index contributed by atoms with van der Waals surface area (Å²) in [5, 5.41) is 0. The molecule has 0 saturated carbocycles. The van der Waals surface area contributed by atoms with Crippen LogP contribution in [0.25, 0.3) is 0 Å². The van der Waals surface area contributed by atoms with Crippen LogP contribution >= 0.6 is 0 Å². The Bertz CT molecular complexity index is 1640. The SMILES string of the molecule is CC/C=C\C/C=C\C/C=C\C/C=C\C/C=C\CCCCCCCC(=O)OC(COC(=O)CCCCCCC/C=C\C/C=C\CCC)COC(=O)CCCCCCCCCCCCCC/C=C\C/C=C\C/C=C\CCCCCCC. The molecule has 450 valence electrons. The van der Waals surface area contributed by atoms with E-state index in [0.717, 1.165) is 154 Å². The van der Waals surface area contributed by atoms with E-state index in [0.29, 0.717) is 19.3 Å². The van der Waals surface area contributed by atoms with Crippen molar-refractivity contribution in [1.82, 2.24) is 0 Å². The molecule has 0 rings (SSSR count). The Hall–Kier alpha value is -4.19. The molecular formula is C73H122O6. The first-order valence-corrected chi connectivity index (χ1v) is 33.0. The number of rotatable bonds is 59. The molecule has 0 fully saturated rings. The first-order chi connectivity index (χ1) is 39.0. The van der Waals surface area contributed by atoms with Gasteiger partial charge in [-0.15, -0.1) is 0 Å². The van der Waals surface area contributed by atoms with Gasteiger partial charge < -0.3 is 14.2 Å². The van der Waals surface area contributed by atoms with Crippen LogP contribution in [-0.4, -0.2) is 37.2 Å². The normalized spacial score (nSPS) is 12.9. The minimum absolute atomic E-state index is 0.0934. The van der Waals surface area contributed by atoms with Gasteiger partial charge in [-0.25, -0.2) is 0 Å². The maximum absolute atomic E-state index is 12.9. The molecule has 0 amide bonds. The Labute approximate surface area is 488 Å². The minimum Gasteiger partial charge on any atom is -0.462 e. The fourth-order valence-electron chi connectivity index (χ4n) is 8.99. The lowest BCUT2D eigenvalue weighted by Gasteiger charge is -2.18. The van der Waals surface area contributed by atoms with Crippen molar-refractivity contribution in [3.05, 3.63) is 122 Å². The van der Waals surface area contributed by atoms with Gasteiger partial charge in [0.1, 0.15) is 13.2 Å². The average molecular weight is 1100 g/mol. The molecule has 1 atom stereocenters. The zero-order chi connectivity index (χ0) is 57.1. The summed E-state index contributed by atoms with van der Waals surface area (Å²) >= 11 is 0. The smallest absolute Gasteiger partial charge is 0.306 e. The highest BCUT2D eigenvalue weighted by Gasteiger charge is 2.19. The largest absolute Gasteiger partial charge is 0.462 e. The number of ether oxygens (including phenoxy) is 3. The van der Waals surface area contributed by atoms with Crippen LogP contribution in [0.1, 0.15) is 303 Å². The molecule has 0 N–H and O–H groups in total. The molecule has 0 saturated heterocycles. The molecular weight excluding hydrogens is 973 g/mol. The minimum atomic E-state index is -0.800. The summed E-state index contributed by atoms with van der Waals surface area (Å²) in [4.78, 5) is 38.3. The molecule has 0 aromatic heterocycles.